The zero-order valence-corrected chi connectivity index (χ0v) is 18.6. The van der Waals surface area contributed by atoms with Gasteiger partial charge in [0, 0.05) is 17.8 Å². The second-order valence-electron chi connectivity index (χ2n) is 7.66. The predicted octanol–water partition coefficient (Wildman–Crippen LogP) is 0.148. The fourth-order valence-electron chi connectivity index (χ4n) is 3.85. The van der Waals surface area contributed by atoms with Gasteiger partial charge in [0.25, 0.3) is 5.91 Å². The number of hydrogen-bond acceptors (Lipinski definition) is 4. The SMILES string of the molecule is COc1cc(NC(=O)C[NH+]2CC[NH+](C/C=C/c3ccccc3)CC2)cc(OC)c1OC. The topological polar surface area (TPSA) is 65.7 Å². The maximum absolute atomic E-state index is 12.6. The lowest BCUT2D eigenvalue weighted by atomic mass is 10.2. The van der Waals surface area contributed by atoms with E-state index in [4.69, 9.17) is 14.2 Å². The van der Waals surface area contributed by atoms with Crippen LogP contribution in [0.25, 0.3) is 6.08 Å². The first-order chi connectivity index (χ1) is 15.1. The Kier molecular flexibility index (Phi) is 8.32. The number of hydrogen-bond donors (Lipinski definition) is 3. The van der Waals surface area contributed by atoms with Crippen molar-refractivity contribution >= 4 is 17.7 Å². The molecule has 0 atom stereocenters. The molecule has 1 heterocycles. The van der Waals surface area contributed by atoms with Crippen molar-refractivity contribution < 1.29 is 28.8 Å². The molecule has 2 aromatic carbocycles. The Hall–Kier alpha value is -3.03. The third-order valence-electron chi connectivity index (χ3n) is 5.54. The van der Waals surface area contributed by atoms with Gasteiger partial charge in [-0.3, -0.25) is 4.79 Å². The van der Waals surface area contributed by atoms with Crippen LogP contribution in [0.15, 0.2) is 48.5 Å². The van der Waals surface area contributed by atoms with Gasteiger partial charge in [0.1, 0.15) is 26.2 Å². The van der Waals surface area contributed by atoms with Crippen LogP contribution in [0, 0.1) is 0 Å². The van der Waals surface area contributed by atoms with Gasteiger partial charge in [0.2, 0.25) is 5.75 Å². The summed E-state index contributed by atoms with van der Waals surface area (Å²) in [6, 6.07) is 13.9. The Bertz CT molecular complexity index is 853. The van der Waals surface area contributed by atoms with Crippen LogP contribution in [0.1, 0.15) is 5.56 Å². The highest BCUT2D eigenvalue weighted by atomic mass is 16.5. The number of carbonyl (C=O) groups is 1. The van der Waals surface area contributed by atoms with Gasteiger partial charge in [-0.1, -0.05) is 36.4 Å². The minimum Gasteiger partial charge on any atom is -0.493 e. The number of piperazine rings is 1. The lowest BCUT2D eigenvalue weighted by molar-refractivity contribution is -1.01. The monoisotopic (exact) mass is 427 g/mol. The van der Waals surface area contributed by atoms with Crippen LogP contribution in [0.5, 0.6) is 17.2 Å². The number of anilines is 1. The fourth-order valence-corrected chi connectivity index (χ4v) is 3.85. The van der Waals surface area contributed by atoms with Crippen LogP contribution >= 0.6 is 0 Å². The van der Waals surface area contributed by atoms with E-state index in [0.29, 0.717) is 29.5 Å². The third-order valence-corrected chi connectivity index (χ3v) is 5.54. The highest BCUT2D eigenvalue weighted by Crippen LogP contribution is 2.39. The first-order valence-electron chi connectivity index (χ1n) is 10.6. The number of quaternary nitrogens is 2. The maximum atomic E-state index is 12.6. The van der Waals surface area contributed by atoms with Crippen molar-refractivity contribution in [1.82, 2.24) is 0 Å². The van der Waals surface area contributed by atoms with Gasteiger partial charge in [-0.2, -0.15) is 0 Å². The van der Waals surface area contributed by atoms with E-state index in [1.165, 1.54) is 10.5 Å². The molecule has 1 aliphatic heterocycles. The number of ether oxygens (including phenoxy) is 3. The third kappa shape index (κ3) is 6.47. The molecule has 3 N–H and O–H groups in total. The second-order valence-corrected chi connectivity index (χ2v) is 7.66. The molecule has 0 aromatic heterocycles. The maximum Gasteiger partial charge on any atom is 0.279 e. The molecule has 166 valence electrons. The molecule has 3 rings (SSSR count). The summed E-state index contributed by atoms with van der Waals surface area (Å²) in [4.78, 5) is 15.4. The summed E-state index contributed by atoms with van der Waals surface area (Å²) in [6.07, 6.45) is 4.42. The van der Waals surface area contributed by atoms with Gasteiger partial charge in [-0.25, -0.2) is 0 Å². The summed E-state index contributed by atoms with van der Waals surface area (Å²) in [7, 11) is 4.68. The first-order valence-corrected chi connectivity index (χ1v) is 10.6. The number of carbonyl (C=O) groups excluding carboxylic acids is 1. The molecule has 7 heteroatoms. The number of benzene rings is 2. The molecule has 0 saturated carbocycles. The lowest BCUT2D eigenvalue weighted by Crippen LogP contribution is -3.28. The van der Waals surface area contributed by atoms with E-state index in [0.717, 1.165) is 32.7 Å². The largest absolute Gasteiger partial charge is 0.493 e. The number of rotatable bonds is 9. The molecule has 1 fully saturated rings. The first kappa shape index (κ1) is 22.7. The Balaban J connectivity index is 1.46. The van der Waals surface area contributed by atoms with E-state index in [1.807, 2.05) is 6.07 Å². The summed E-state index contributed by atoms with van der Waals surface area (Å²) in [5.41, 5.74) is 1.86. The van der Waals surface area contributed by atoms with E-state index in [1.54, 1.807) is 38.4 Å². The van der Waals surface area contributed by atoms with Crippen molar-refractivity contribution in [1.29, 1.82) is 0 Å². The van der Waals surface area contributed by atoms with Crippen LogP contribution in [0.2, 0.25) is 0 Å². The van der Waals surface area contributed by atoms with Crippen LogP contribution in [0.4, 0.5) is 5.69 Å². The smallest absolute Gasteiger partial charge is 0.279 e. The molecule has 0 aliphatic carbocycles. The molecule has 1 saturated heterocycles. The second kappa shape index (κ2) is 11.4. The minimum absolute atomic E-state index is 0.0169. The zero-order valence-electron chi connectivity index (χ0n) is 18.6. The van der Waals surface area contributed by atoms with Crippen LogP contribution in [-0.4, -0.2) is 66.5 Å². The van der Waals surface area contributed by atoms with Gasteiger partial charge in [0.15, 0.2) is 18.0 Å². The Morgan fingerprint density at radius 3 is 2.13 bits per heavy atom. The van der Waals surface area contributed by atoms with Crippen molar-refractivity contribution in [2.45, 2.75) is 0 Å². The summed E-state index contributed by atoms with van der Waals surface area (Å²) >= 11 is 0. The number of methoxy groups -OCH3 is 3. The molecule has 0 bridgehead atoms. The van der Waals surface area contributed by atoms with Crippen molar-refractivity contribution in [3.05, 3.63) is 54.1 Å². The average molecular weight is 428 g/mol. The molecule has 0 unspecified atom stereocenters. The molecular weight excluding hydrogens is 394 g/mol. The summed E-state index contributed by atoms with van der Waals surface area (Å²) in [5, 5.41) is 2.96. The molecule has 1 aliphatic rings. The predicted molar refractivity (Wildman–Crippen MR) is 121 cm³/mol. The van der Waals surface area contributed by atoms with E-state index in [-0.39, 0.29) is 5.91 Å². The van der Waals surface area contributed by atoms with Crippen molar-refractivity contribution in [3.63, 3.8) is 0 Å². The van der Waals surface area contributed by atoms with E-state index in [2.05, 4.69) is 41.7 Å². The Labute approximate surface area is 184 Å². The van der Waals surface area contributed by atoms with Crippen molar-refractivity contribution in [2.75, 3.05) is 65.9 Å². The summed E-state index contributed by atoms with van der Waals surface area (Å²) in [5.74, 6) is 1.53. The number of amides is 1. The van der Waals surface area contributed by atoms with Crippen LogP contribution in [0.3, 0.4) is 0 Å². The average Bonchev–Trinajstić information content (AvgIpc) is 2.80. The normalized spacial score (nSPS) is 18.5. The highest BCUT2D eigenvalue weighted by Gasteiger charge is 2.24. The van der Waals surface area contributed by atoms with Crippen LogP contribution < -0.4 is 29.3 Å². The standard InChI is InChI=1S/C24H31N3O4/c1-29-21-16-20(17-22(30-2)24(21)31-3)25-23(28)18-27-14-12-26(13-15-27)11-7-10-19-8-5-4-6-9-19/h4-10,16-17H,11-15,18H2,1-3H3,(H,25,28)/p+2/b10-7+. The highest BCUT2D eigenvalue weighted by molar-refractivity contribution is 5.92. The van der Waals surface area contributed by atoms with Gasteiger partial charge in [-0.15, -0.1) is 0 Å². The fraction of sp³-hybridized carbons (Fsp3) is 0.375. The van der Waals surface area contributed by atoms with Gasteiger partial charge < -0.3 is 29.3 Å². The molecule has 0 radical (unpaired) electrons. The van der Waals surface area contributed by atoms with Crippen molar-refractivity contribution in [2.24, 2.45) is 0 Å². The van der Waals surface area contributed by atoms with E-state index in [9.17, 15) is 4.79 Å². The molecular formula is C24H33N3O4+2. The van der Waals surface area contributed by atoms with E-state index >= 15 is 0 Å². The summed E-state index contributed by atoms with van der Waals surface area (Å²) in [6.45, 7) is 5.55. The van der Waals surface area contributed by atoms with Crippen LogP contribution in [-0.2, 0) is 4.79 Å². The van der Waals surface area contributed by atoms with Gasteiger partial charge >= 0.3 is 0 Å². The molecule has 2 aromatic rings. The molecule has 1 amide bonds. The molecule has 7 nitrogen and oxygen atoms in total. The Morgan fingerprint density at radius 2 is 1.55 bits per heavy atom. The Morgan fingerprint density at radius 1 is 0.935 bits per heavy atom. The van der Waals surface area contributed by atoms with Gasteiger partial charge in [0.05, 0.1) is 27.9 Å². The minimum atomic E-state index is -0.0169. The number of nitrogens with one attached hydrogen (secondary N) is 3. The molecule has 0 spiro atoms. The molecule has 31 heavy (non-hydrogen) atoms. The van der Waals surface area contributed by atoms with E-state index < -0.39 is 0 Å². The quantitative estimate of drug-likeness (QED) is 0.533. The lowest BCUT2D eigenvalue weighted by Gasteiger charge is -2.28. The zero-order chi connectivity index (χ0) is 22.1. The summed E-state index contributed by atoms with van der Waals surface area (Å²) < 4.78 is 16.0. The van der Waals surface area contributed by atoms with Gasteiger partial charge in [-0.05, 0) is 11.6 Å². The van der Waals surface area contributed by atoms with Crippen molar-refractivity contribution in [3.8, 4) is 17.2 Å².